The van der Waals surface area contributed by atoms with Gasteiger partial charge in [-0.15, -0.1) is 0 Å². The van der Waals surface area contributed by atoms with Crippen molar-refractivity contribution in [3.05, 3.63) is 11.4 Å². The van der Waals surface area contributed by atoms with Crippen LogP contribution in [0, 0.1) is 5.41 Å². The molecule has 0 spiro atoms. The fourth-order valence-corrected chi connectivity index (χ4v) is 3.04. The number of anilines is 1. The summed E-state index contributed by atoms with van der Waals surface area (Å²) in [5.74, 6) is 0.345. The average Bonchev–Trinajstić information content (AvgIpc) is 3.03. The lowest BCUT2D eigenvalue weighted by molar-refractivity contribution is 0.0906. The molecule has 0 saturated heterocycles. The minimum Gasteiger partial charge on any atom is -0.395 e. The highest BCUT2D eigenvalue weighted by molar-refractivity contribution is 5.98. The zero-order chi connectivity index (χ0) is 13.6. The number of nitrogens with zero attached hydrogens (tertiary/aromatic N) is 1. The molecule has 5 heteroatoms. The summed E-state index contributed by atoms with van der Waals surface area (Å²) in [6.45, 7) is 4.41. The number of aromatic amines is 1. The molecule has 3 rings (SSSR count). The summed E-state index contributed by atoms with van der Waals surface area (Å²) in [6, 6.07) is 0.223. The van der Waals surface area contributed by atoms with E-state index in [4.69, 9.17) is 5.73 Å². The minimum atomic E-state index is -0.138. The minimum absolute atomic E-state index is 0.138. The van der Waals surface area contributed by atoms with Crippen molar-refractivity contribution in [3.8, 4) is 0 Å². The van der Waals surface area contributed by atoms with Crippen LogP contribution < -0.4 is 11.1 Å². The number of nitrogens with two attached hydrogens (primary N) is 1. The van der Waals surface area contributed by atoms with Gasteiger partial charge in [-0.1, -0.05) is 20.3 Å². The van der Waals surface area contributed by atoms with E-state index in [1.165, 1.54) is 6.42 Å². The lowest BCUT2D eigenvalue weighted by Crippen LogP contribution is -2.41. The van der Waals surface area contributed by atoms with Crippen molar-refractivity contribution in [1.82, 2.24) is 15.5 Å². The van der Waals surface area contributed by atoms with Gasteiger partial charge < -0.3 is 11.1 Å². The maximum Gasteiger partial charge on any atom is 0.274 e. The molecule has 4 N–H and O–H groups in total. The molecule has 2 saturated carbocycles. The lowest BCUT2D eigenvalue weighted by Gasteiger charge is -2.27. The lowest BCUT2D eigenvalue weighted by atomic mass is 9.87. The maximum atomic E-state index is 12.3. The number of aromatic nitrogens is 2. The molecular weight excluding hydrogens is 240 g/mol. The molecule has 0 radical (unpaired) electrons. The van der Waals surface area contributed by atoms with Crippen molar-refractivity contribution in [2.24, 2.45) is 5.41 Å². The fraction of sp³-hybridized carbons (Fsp3) is 0.714. The number of hydrogen-bond donors (Lipinski definition) is 3. The van der Waals surface area contributed by atoms with Crippen LogP contribution in [0.4, 0.5) is 5.69 Å². The number of H-pyrrole nitrogens is 1. The molecule has 19 heavy (non-hydrogen) atoms. The van der Waals surface area contributed by atoms with Crippen LogP contribution in [-0.4, -0.2) is 22.1 Å². The summed E-state index contributed by atoms with van der Waals surface area (Å²) in [7, 11) is 0. The molecule has 1 atom stereocenters. The molecule has 0 aromatic carbocycles. The average molecular weight is 262 g/mol. The van der Waals surface area contributed by atoms with Gasteiger partial charge in [0.25, 0.3) is 5.91 Å². The smallest absolute Gasteiger partial charge is 0.274 e. The summed E-state index contributed by atoms with van der Waals surface area (Å²) in [6.07, 6.45) is 5.65. The Morgan fingerprint density at radius 3 is 2.74 bits per heavy atom. The molecule has 2 fully saturated rings. The summed E-state index contributed by atoms with van der Waals surface area (Å²) in [4.78, 5) is 12.3. The Morgan fingerprint density at radius 1 is 1.42 bits per heavy atom. The van der Waals surface area contributed by atoms with Crippen LogP contribution in [-0.2, 0) is 0 Å². The molecule has 1 amide bonds. The third kappa shape index (κ3) is 2.22. The van der Waals surface area contributed by atoms with Gasteiger partial charge in [-0.25, -0.2) is 0 Å². The van der Waals surface area contributed by atoms with Gasteiger partial charge in [0.1, 0.15) is 0 Å². The Kier molecular flexibility index (Phi) is 2.80. The molecule has 2 aliphatic rings. The van der Waals surface area contributed by atoms with Crippen molar-refractivity contribution in [1.29, 1.82) is 0 Å². The van der Waals surface area contributed by atoms with Crippen LogP contribution in [0.2, 0.25) is 0 Å². The van der Waals surface area contributed by atoms with Gasteiger partial charge in [0, 0.05) is 12.0 Å². The van der Waals surface area contributed by atoms with Gasteiger partial charge in [-0.3, -0.25) is 9.89 Å². The van der Waals surface area contributed by atoms with E-state index in [-0.39, 0.29) is 17.4 Å². The maximum absolute atomic E-state index is 12.3. The molecule has 104 valence electrons. The van der Waals surface area contributed by atoms with Crippen LogP contribution in [0.3, 0.4) is 0 Å². The molecule has 1 aromatic heterocycles. The zero-order valence-electron chi connectivity index (χ0n) is 11.6. The van der Waals surface area contributed by atoms with Crippen molar-refractivity contribution in [3.63, 3.8) is 0 Å². The molecule has 1 unspecified atom stereocenters. The van der Waals surface area contributed by atoms with E-state index in [1.807, 2.05) is 0 Å². The number of rotatable bonds is 3. The summed E-state index contributed by atoms with van der Waals surface area (Å²) in [5, 5.41) is 10.1. The predicted molar refractivity (Wildman–Crippen MR) is 73.9 cm³/mol. The highest BCUT2D eigenvalue weighted by atomic mass is 16.2. The van der Waals surface area contributed by atoms with Crippen molar-refractivity contribution < 1.29 is 4.79 Å². The topological polar surface area (TPSA) is 83.8 Å². The Hall–Kier alpha value is -1.52. The second-order valence-corrected chi connectivity index (χ2v) is 6.58. The second kappa shape index (κ2) is 4.25. The molecule has 0 bridgehead atoms. The van der Waals surface area contributed by atoms with Crippen molar-refractivity contribution in [2.45, 2.75) is 57.9 Å². The first-order valence-corrected chi connectivity index (χ1v) is 7.13. The molecule has 2 aliphatic carbocycles. The van der Waals surface area contributed by atoms with Gasteiger partial charge in [-0.2, -0.15) is 5.10 Å². The monoisotopic (exact) mass is 262 g/mol. The van der Waals surface area contributed by atoms with Crippen molar-refractivity contribution in [2.75, 3.05) is 5.73 Å². The van der Waals surface area contributed by atoms with E-state index < -0.39 is 0 Å². The van der Waals surface area contributed by atoms with Crippen molar-refractivity contribution >= 4 is 11.6 Å². The van der Waals surface area contributed by atoms with Crippen LogP contribution in [0.5, 0.6) is 0 Å². The van der Waals surface area contributed by atoms with Gasteiger partial charge in [0.15, 0.2) is 5.69 Å². The number of amides is 1. The SMILES string of the molecule is CC1(C)CCCC1NC(=O)c1n[nH]c(C2CC2)c1N. The summed E-state index contributed by atoms with van der Waals surface area (Å²) in [5.41, 5.74) is 8.04. The number of hydrogen-bond acceptors (Lipinski definition) is 3. The van der Waals surface area contributed by atoms with E-state index in [2.05, 4.69) is 29.4 Å². The molecule has 1 aromatic rings. The summed E-state index contributed by atoms with van der Waals surface area (Å²) < 4.78 is 0. The van der Waals surface area contributed by atoms with Gasteiger partial charge >= 0.3 is 0 Å². The largest absolute Gasteiger partial charge is 0.395 e. The van der Waals surface area contributed by atoms with Crippen LogP contribution in [0.25, 0.3) is 0 Å². The third-order valence-electron chi connectivity index (χ3n) is 4.60. The third-order valence-corrected chi connectivity index (χ3v) is 4.60. The van der Waals surface area contributed by atoms with Gasteiger partial charge in [-0.05, 0) is 31.1 Å². The normalized spacial score (nSPS) is 25.5. The molecular formula is C14H22N4O. The van der Waals surface area contributed by atoms with Gasteiger partial charge in [0.2, 0.25) is 0 Å². The Balaban J connectivity index is 1.73. The first-order valence-electron chi connectivity index (χ1n) is 7.13. The van der Waals surface area contributed by atoms with Gasteiger partial charge in [0.05, 0.1) is 11.4 Å². The Morgan fingerprint density at radius 2 is 2.16 bits per heavy atom. The highest BCUT2D eigenvalue weighted by Gasteiger charge is 2.37. The first-order chi connectivity index (χ1) is 8.99. The van der Waals surface area contributed by atoms with Crippen LogP contribution >= 0.6 is 0 Å². The Bertz CT molecular complexity index is 502. The number of nitrogens with one attached hydrogen (secondary N) is 2. The Labute approximate surface area is 113 Å². The quantitative estimate of drug-likeness (QED) is 0.780. The van der Waals surface area contributed by atoms with E-state index in [9.17, 15) is 4.79 Å². The second-order valence-electron chi connectivity index (χ2n) is 6.58. The molecule has 1 heterocycles. The first kappa shape index (κ1) is 12.5. The van der Waals surface area contributed by atoms with Crippen LogP contribution in [0.15, 0.2) is 0 Å². The van der Waals surface area contributed by atoms with E-state index >= 15 is 0 Å². The zero-order valence-corrected chi connectivity index (χ0v) is 11.6. The molecule has 5 nitrogen and oxygen atoms in total. The highest BCUT2D eigenvalue weighted by Crippen LogP contribution is 2.42. The number of nitrogen functional groups attached to an aromatic ring is 1. The standard InChI is InChI=1S/C14H22N4O/c1-14(2)7-3-4-9(14)16-13(19)12-10(15)11(17-18-12)8-5-6-8/h8-9H,3-7,15H2,1-2H3,(H,16,19)(H,17,18). The van der Waals surface area contributed by atoms with E-state index in [1.54, 1.807) is 0 Å². The molecule has 0 aliphatic heterocycles. The fourth-order valence-electron chi connectivity index (χ4n) is 3.04. The number of carbonyl (C=O) groups is 1. The van der Waals surface area contributed by atoms with E-state index in [0.29, 0.717) is 17.3 Å². The predicted octanol–water partition coefficient (Wildman–Crippen LogP) is 2.18. The summed E-state index contributed by atoms with van der Waals surface area (Å²) >= 11 is 0. The number of carbonyl (C=O) groups excluding carboxylic acids is 1. The van der Waals surface area contributed by atoms with Crippen LogP contribution in [0.1, 0.15) is 68.1 Å². The van der Waals surface area contributed by atoms with E-state index in [0.717, 1.165) is 31.4 Å².